The number of ether oxygens (including phenoxy) is 2. The molecule has 32 heavy (non-hydrogen) atoms. The van der Waals surface area contributed by atoms with Gasteiger partial charge in [-0.1, -0.05) is 36.4 Å². The van der Waals surface area contributed by atoms with Crippen LogP contribution < -0.4 is 20.1 Å². The summed E-state index contributed by atoms with van der Waals surface area (Å²) >= 11 is 4.93. The normalized spacial score (nSPS) is 11.2. The summed E-state index contributed by atoms with van der Waals surface area (Å²) in [5, 5.41) is 5.33. The minimum Gasteiger partial charge on any atom is -0.490 e. The Hall–Kier alpha value is -2.95. The Morgan fingerprint density at radius 3 is 2.56 bits per heavy atom. The largest absolute Gasteiger partial charge is 0.490 e. The molecule has 0 saturated heterocycles. The maximum Gasteiger partial charge on any atom is 0.267 e. The molecule has 0 aromatic heterocycles. The summed E-state index contributed by atoms with van der Waals surface area (Å²) in [6.45, 7) is 0.842. The molecule has 0 atom stereocenters. The number of carbonyl (C=O) groups excluding carboxylic acids is 1. The molecular weight excluding hydrogens is 450 g/mol. The molecule has 0 aliphatic carbocycles. The molecule has 0 bridgehead atoms. The van der Waals surface area contributed by atoms with E-state index in [-0.39, 0.29) is 28.3 Å². The summed E-state index contributed by atoms with van der Waals surface area (Å²) < 4.78 is 38.4. The summed E-state index contributed by atoms with van der Waals surface area (Å²) in [6.07, 6.45) is 3.62. The van der Waals surface area contributed by atoms with Crippen LogP contribution in [0, 0.1) is 0 Å². The van der Waals surface area contributed by atoms with E-state index in [9.17, 15) is 13.2 Å². The number of hydrogen-bond donors (Lipinski definition) is 3. The minimum absolute atomic E-state index is 0.0317. The van der Waals surface area contributed by atoms with Gasteiger partial charge in [-0.15, -0.1) is 0 Å². The van der Waals surface area contributed by atoms with Gasteiger partial charge in [0, 0.05) is 26.8 Å². The number of amides is 1. The second-order valence-corrected chi connectivity index (χ2v) is 8.65. The van der Waals surface area contributed by atoms with Crippen molar-refractivity contribution in [3.05, 3.63) is 65.7 Å². The number of nitrogens with one attached hydrogen (secondary N) is 3. The Kier molecular flexibility index (Phi) is 10.1. The lowest BCUT2D eigenvalue weighted by molar-refractivity contribution is -0.116. The molecule has 0 aliphatic heterocycles. The lowest BCUT2D eigenvalue weighted by atomic mass is 10.1. The van der Waals surface area contributed by atoms with Crippen LogP contribution in [0.15, 0.2) is 59.5 Å². The van der Waals surface area contributed by atoms with E-state index in [0.29, 0.717) is 25.1 Å². The Morgan fingerprint density at radius 2 is 1.88 bits per heavy atom. The first-order valence-electron chi connectivity index (χ1n) is 9.86. The highest BCUT2D eigenvalue weighted by molar-refractivity contribution is 7.92. The fourth-order valence-electron chi connectivity index (χ4n) is 2.63. The van der Waals surface area contributed by atoms with Gasteiger partial charge in [0.15, 0.2) is 5.11 Å². The van der Waals surface area contributed by atoms with Crippen molar-refractivity contribution >= 4 is 39.3 Å². The fourth-order valence-corrected chi connectivity index (χ4v) is 4.11. The van der Waals surface area contributed by atoms with Gasteiger partial charge in [0.25, 0.3) is 10.0 Å². The van der Waals surface area contributed by atoms with Gasteiger partial charge in [-0.3, -0.25) is 9.52 Å². The fraction of sp³-hybridized carbons (Fsp3) is 0.273. The van der Waals surface area contributed by atoms with Crippen molar-refractivity contribution < 1.29 is 22.7 Å². The molecule has 0 aliphatic rings. The highest BCUT2D eigenvalue weighted by Crippen LogP contribution is 2.25. The molecular formula is C22H27N3O5S2. The van der Waals surface area contributed by atoms with Crippen LogP contribution in [0.2, 0.25) is 0 Å². The van der Waals surface area contributed by atoms with Gasteiger partial charge in [-0.2, -0.15) is 0 Å². The van der Waals surface area contributed by atoms with E-state index in [1.54, 1.807) is 18.2 Å². The van der Waals surface area contributed by atoms with Crippen LogP contribution in [0.25, 0.3) is 6.08 Å². The molecule has 0 heterocycles. The number of methoxy groups -OCH3 is 1. The highest BCUT2D eigenvalue weighted by Gasteiger charge is 2.21. The lowest BCUT2D eigenvalue weighted by Crippen LogP contribution is -2.37. The molecule has 0 radical (unpaired) electrons. The summed E-state index contributed by atoms with van der Waals surface area (Å²) in [4.78, 5) is 12.0. The van der Waals surface area contributed by atoms with E-state index in [2.05, 4.69) is 15.4 Å². The van der Waals surface area contributed by atoms with Crippen LogP contribution in [0.4, 0.5) is 0 Å². The number of carbonyl (C=O) groups is 1. The van der Waals surface area contributed by atoms with Crippen molar-refractivity contribution in [1.29, 1.82) is 0 Å². The van der Waals surface area contributed by atoms with E-state index < -0.39 is 10.0 Å². The molecule has 2 aromatic rings. The zero-order valence-electron chi connectivity index (χ0n) is 18.0. The van der Waals surface area contributed by atoms with Crippen LogP contribution >= 0.6 is 12.2 Å². The zero-order valence-corrected chi connectivity index (χ0v) is 19.6. The average Bonchev–Trinajstić information content (AvgIpc) is 2.79. The molecule has 172 valence electrons. The third kappa shape index (κ3) is 8.29. The number of thiocarbonyl (C=S) groups is 1. The predicted octanol–water partition coefficient (Wildman–Crippen LogP) is 1.87. The lowest BCUT2D eigenvalue weighted by Gasteiger charge is -2.15. The average molecular weight is 478 g/mol. The second kappa shape index (κ2) is 12.8. The van der Waals surface area contributed by atoms with Gasteiger partial charge in [0.05, 0.1) is 6.61 Å². The van der Waals surface area contributed by atoms with E-state index in [1.165, 1.54) is 26.3 Å². The smallest absolute Gasteiger partial charge is 0.267 e. The molecule has 2 rings (SSSR count). The van der Waals surface area contributed by atoms with Gasteiger partial charge >= 0.3 is 0 Å². The monoisotopic (exact) mass is 477 g/mol. The first-order valence-corrected chi connectivity index (χ1v) is 11.7. The topological polar surface area (TPSA) is 106 Å². The first-order chi connectivity index (χ1) is 15.4. The molecule has 0 saturated carbocycles. The van der Waals surface area contributed by atoms with Gasteiger partial charge in [0.2, 0.25) is 5.91 Å². The molecule has 3 N–H and O–H groups in total. The van der Waals surface area contributed by atoms with Crippen molar-refractivity contribution in [2.24, 2.45) is 0 Å². The Balaban J connectivity index is 2.07. The van der Waals surface area contributed by atoms with Crippen LogP contribution in [-0.2, 0) is 26.0 Å². The third-order valence-corrected chi connectivity index (χ3v) is 6.04. The zero-order chi connectivity index (χ0) is 23.4. The molecule has 2 aromatic carbocycles. The minimum atomic E-state index is -3.96. The van der Waals surface area contributed by atoms with E-state index in [0.717, 1.165) is 5.56 Å². The molecule has 0 fully saturated rings. The van der Waals surface area contributed by atoms with Gasteiger partial charge in [-0.25, -0.2) is 8.42 Å². The standard InChI is InChI=1S/C22H27N3O5S2/c1-23-22(31)25-32(27,28)20-16-18(8-10-19(20)30-15-14-29-2)12-13-24-21(26)11-9-17-6-4-3-5-7-17/h3-11,16H,12-15H2,1-2H3,(H,24,26)(H2,23,25,31). The molecule has 8 nitrogen and oxygen atoms in total. The summed E-state index contributed by atoms with van der Waals surface area (Å²) in [6, 6.07) is 14.3. The first kappa shape index (κ1) is 25.3. The number of rotatable bonds is 11. The highest BCUT2D eigenvalue weighted by atomic mass is 32.2. The Bertz CT molecular complexity index is 1040. The molecule has 0 spiro atoms. The second-order valence-electron chi connectivity index (χ2n) is 6.59. The third-order valence-electron chi connectivity index (χ3n) is 4.24. The van der Waals surface area contributed by atoms with Gasteiger partial charge in [-0.05, 0) is 48.0 Å². The van der Waals surface area contributed by atoms with E-state index in [4.69, 9.17) is 21.7 Å². The van der Waals surface area contributed by atoms with Crippen molar-refractivity contribution in [1.82, 2.24) is 15.4 Å². The predicted molar refractivity (Wildman–Crippen MR) is 128 cm³/mol. The van der Waals surface area contributed by atoms with Crippen LogP contribution in [0.5, 0.6) is 5.75 Å². The summed E-state index contributed by atoms with van der Waals surface area (Å²) in [5.41, 5.74) is 1.64. The molecule has 0 unspecified atom stereocenters. The van der Waals surface area contributed by atoms with Gasteiger partial charge in [0.1, 0.15) is 17.3 Å². The SMILES string of the molecule is CNC(=S)NS(=O)(=O)c1cc(CCNC(=O)C=Cc2ccccc2)ccc1OCCOC. The van der Waals surface area contributed by atoms with Crippen LogP contribution in [-0.4, -0.2) is 53.4 Å². The van der Waals surface area contributed by atoms with E-state index in [1.807, 2.05) is 30.3 Å². The van der Waals surface area contributed by atoms with Crippen LogP contribution in [0.3, 0.4) is 0 Å². The summed E-state index contributed by atoms with van der Waals surface area (Å²) in [5.74, 6) is -0.0470. The quantitative estimate of drug-likeness (QED) is 0.258. The Morgan fingerprint density at radius 1 is 1.12 bits per heavy atom. The van der Waals surface area contributed by atoms with Gasteiger partial charge < -0.3 is 20.1 Å². The maximum absolute atomic E-state index is 12.8. The summed E-state index contributed by atoms with van der Waals surface area (Å²) in [7, 11) is -0.912. The molecule has 10 heteroatoms. The van der Waals surface area contributed by atoms with Crippen molar-refractivity contribution in [3.63, 3.8) is 0 Å². The molecule has 1 amide bonds. The Labute approximate surface area is 194 Å². The number of benzene rings is 2. The maximum atomic E-state index is 12.8. The van der Waals surface area contributed by atoms with Crippen molar-refractivity contribution in [3.8, 4) is 5.75 Å². The van der Waals surface area contributed by atoms with Crippen molar-refractivity contribution in [2.75, 3.05) is 33.9 Å². The number of hydrogen-bond acceptors (Lipinski definition) is 6. The van der Waals surface area contributed by atoms with Crippen LogP contribution in [0.1, 0.15) is 11.1 Å². The number of sulfonamides is 1. The van der Waals surface area contributed by atoms with E-state index >= 15 is 0 Å². The van der Waals surface area contributed by atoms with Crippen molar-refractivity contribution in [2.45, 2.75) is 11.3 Å².